The highest BCUT2D eigenvalue weighted by Crippen LogP contribution is 2.45. The Labute approximate surface area is 196 Å². The number of Topliss-reactive ketones (excluding diaryl/α,β-unsaturated/α-hetero) is 1. The lowest BCUT2D eigenvalue weighted by molar-refractivity contribution is -0.385. The Morgan fingerprint density at radius 1 is 1.00 bits per heavy atom. The first kappa shape index (κ1) is 21.2. The molecule has 1 aliphatic heterocycles. The maximum atomic E-state index is 13.6. The van der Waals surface area contributed by atoms with Gasteiger partial charge in [0.25, 0.3) is 5.69 Å². The third-order valence-electron chi connectivity index (χ3n) is 6.42. The van der Waals surface area contributed by atoms with Crippen molar-refractivity contribution in [3.63, 3.8) is 0 Å². The minimum absolute atomic E-state index is 0.00204. The zero-order valence-electron chi connectivity index (χ0n) is 18.0. The molecule has 166 valence electrons. The van der Waals surface area contributed by atoms with Gasteiger partial charge in [-0.15, -0.1) is 0 Å². The first-order valence-corrected chi connectivity index (χ1v) is 11.2. The van der Waals surface area contributed by atoms with Crippen LogP contribution in [0.1, 0.15) is 41.5 Å². The van der Waals surface area contributed by atoms with Gasteiger partial charge < -0.3 is 10.6 Å². The van der Waals surface area contributed by atoms with Crippen molar-refractivity contribution in [1.29, 1.82) is 0 Å². The maximum absolute atomic E-state index is 13.6. The highest BCUT2D eigenvalue weighted by atomic mass is 35.5. The molecule has 0 saturated heterocycles. The lowest BCUT2D eigenvalue weighted by Crippen LogP contribution is -2.27. The van der Waals surface area contributed by atoms with Crippen molar-refractivity contribution in [2.24, 2.45) is 0 Å². The van der Waals surface area contributed by atoms with Crippen LogP contribution in [0.15, 0.2) is 78.0 Å². The summed E-state index contributed by atoms with van der Waals surface area (Å²) in [6.07, 6.45) is 0.942. The molecule has 2 atom stereocenters. The molecule has 1 aliphatic carbocycles. The molecule has 0 aromatic heterocycles. The smallest absolute Gasteiger partial charge is 0.272 e. The average Bonchev–Trinajstić information content (AvgIpc) is 2.96. The van der Waals surface area contributed by atoms with Crippen LogP contribution in [-0.4, -0.2) is 10.7 Å². The number of hydrogen-bond acceptors (Lipinski definition) is 5. The molecule has 1 heterocycles. The molecule has 0 amide bonds. The summed E-state index contributed by atoms with van der Waals surface area (Å²) in [7, 11) is 0. The number of anilines is 2. The van der Waals surface area contributed by atoms with E-state index in [2.05, 4.69) is 10.6 Å². The summed E-state index contributed by atoms with van der Waals surface area (Å²) in [5.74, 6) is -0.0436. The number of hydrogen-bond donors (Lipinski definition) is 2. The van der Waals surface area contributed by atoms with Gasteiger partial charge in [-0.2, -0.15) is 0 Å². The van der Waals surface area contributed by atoms with Crippen LogP contribution < -0.4 is 10.6 Å². The second-order valence-corrected chi connectivity index (χ2v) is 8.90. The van der Waals surface area contributed by atoms with Crippen molar-refractivity contribution in [2.75, 3.05) is 10.6 Å². The Morgan fingerprint density at radius 2 is 1.73 bits per heavy atom. The third kappa shape index (κ3) is 3.87. The molecular weight excluding hydrogens is 438 g/mol. The van der Waals surface area contributed by atoms with Gasteiger partial charge in [-0.05, 0) is 48.6 Å². The molecule has 0 fully saturated rings. The van der Waals surface area contributed by atoms with Gasteiger partial charge in [0.2, 0.25) is 0 Å². The molecule has 0 saturated carbocycles. The van der Waals surface area contributed by atoms with E-state index in [4.69, 9.17) is 11.6 Å². The topological polar surface area (TPSA) is 84.3 Å². The Morgan fingerprint density at radius 3 is 2.48 bits per heavy atom. The van der Waals surface area contributed by atoms with Gasteiger partial charge in [-0.1, -0.05) is 54.1 Å². The van der Waals surface area contributed by atoms with Crippen LogP contribution in [0.25, 0.3) is 0 Å². The van der Waals surface area contributed by atoms with Crippen LogP contribution in [0.4, 0.5) is 17.1 Å². The van der Waals surface area contributed by atoms with Crippen LogP contribution in [0.3, 0.4) is 0 Å². The van der Waals surface area contributed by atoms with E-state index in [1.54, 1.807) is 19.1 Å². The number of ketones is 1. The molecule has 2 aliphatic rings. The number of fused-ring (bicyclic) bond motifs is 1. The number of benzene rings is 3. The second-order valence-electron chi connectivity index (χ2n) is 8.49. The third-order valence-corrected chi connectivity index (χ3v) is 6.76. The minimum atomic E-state index is -0.504. The molecule has 2 unspecified atom stereocenters. The molecule has 5 rings (SSSR count). The van der Waals surface area contributed by atoms with Crippen molar-refractivity contribution in [3.05, 3.63) is 110 Å². The Bertz CT molecular complexity index is 1320. The molecule has 6 nitrogen and oxygen atoms in total. The Hall–Kier alpha value is -3.64. The zero-order chi connectivity index (χ0) is 23.1. The number of rotatable bonds is 3. The van der Waals surface area contributed by atoms with Gasteiger partial charge in [-0.3, -0.25) is 14.9 Å². The van der Waals surface area contributed by atoms with Crippen molar-refractivity contribution < 1.29 is 9.72 Å². The maximum Gasteiger partial charge on any atom is 0.272 e. The number of nitrogens with zero attached hydrogens (tertiary/aromatic N) is 1. The molecule has 3 aromatic rings. The highest BCUT2D eigenvalue weighted by Gasteiger charge is 2.37. The van der Waals surface area contributed by atoms with Gasteiger partial charge >= 0.3 is 0 Å². The average molecular weight is 460 g/mol. The normalized spacial score (nSPS) is 19.6. The number of halogens is 1. The highest BCUT2D eigenvalue weighted by molar-refractivity contribution is 6.31. The molecule has 33 heavy (non-hydrogen) atoms. The molecule has 0 radical (unpaired) electrons. The Kier molecular flexibility index (Phi) is 5.38. The summed E-state index contributed by atoms with van der Waals surface area (Å²) in [5, 5.41) is 19.2. The predicted octanol–water partition coefficient (Wildman–Crippen LogP) is 6.54. The van der Waals surface area contributed by atoms with E-state index in [0.29, 0.717) is 34.6 Å². The summed E-state index contributed by atoms with van der Waals surface area (Å²) in [5.41, 5.74) is 5.40. The molecule has 0 spiro atoms. The zero-order valence-corrected chi connectivity index (χ0v) is 18.7. The van der Waals surface area contributed by atoms with Gasteiger partial charge in [0, 0.05) is 34.3 Å². The van der Waals surface area contributed by atoms with Gasteiger partial charge in [0.05, 0.1) is 22.3 Å². The van der Waals surface area contributed by atoms with Crippen molar-refractivity contribution in [3.8, 4) is 0 Å². The van der Waals surface area contributed by atoms with Crippen LogP contribution in [0, 0.1) is 17.0 Å². The summed E-state index contributed by atoms with van der Waals surface area (Å²) >= 11 is 6.46. The number of carbonyl (C=O) groups is 1. The van der Waals surface area contributed by atoms with E-state index < -0.39 is 6.04 Å². The fourth-order valence-electron chi connectivity index (χ4n) is 4.77. The van der Waals surface area contributed by atoms with E-state index in [0.717, 1.165) is 22.6 Å². The number of nitrogens with one attached hydrogen (secondary N) is 2. The minimum Gasteiger partial charge on any atom is -0.372 e. The standard InChI is InChI=1S/C26H22ClN3O3/c1-15-10-11-16(13-23(15)30(32)33)26-25-22(28-20-8-4-5-9-21(20)29-26)12-17(14-24(25)31)18-6-2-3-7-19(18)27/h2-11,13,17,26,28-29H,12,14H2,1H3. The van der Waals surface area contributed by atoms with Crippen molar-refractivity contribution >= 4 is 34.4 Å². The SMILES string of the molecule is Cc1ccc(C2Nc3ccccc3NC3=C2C(=O)CC(c2ccccc2Cl)C3)cc1[N+](=O)[O-]. The van der Waals surface area contributed by atoms with Gasteiger partial charge in [0.15, 0.2) is 5.78 Å². The van der Waals surface area contributed by atoms with Crippen LogP contribution in [0.2, 0.25) is 5.02 Å². The van der Waals surface area contributed by atoms with E-state index in [1.165, 1.54) is 0 Å². The summed E-state index contributed by atoms with van der Waals surface area (Å²) < 4.78 is 0. The lowest BCUT2D eigenvalue weighted by atomic mass is 9.78. The largest absolute Gasteiger partial charge is 0.372 e. The number of allylic oxidation sites excluding steroid dienone is 1. The van der Waals surface area contributed by atoms with E-state index in [1.807, 2.05) is 54.6 Å². The first-order chi connectivity index (χ1) is 15.9. The van der Waals surface area contributed by atoms with Crippen molar-refractivity contribution in [1.82, 2.24) is 0 Å². The van der Waals surface area contributed by atoms with Crippen LogP contribution in [0.5, 0.6) is 0 Å². The summed E-state index contributed by atoms with van der Waals surface area (Å²) in [4.78, 5) is 24.8. The van der Waals surface area contributed by atoms with E-state index >= 15 is 0 Å². The van der Waals surface area contributed by atoms with Crippen molar-refractivity contribution in [2.45, 2.75) is 31.7 Å². The quantitative estimate of drug-likeness (QED) is 0.343. The molecule has 0 bridgehead atoms. The number of nitro benzene ring substituents is 1. The summed E-state index contributed by atoms with van der Waals surface area (Å²) in [6, 6.07) is 20.0. The molecular formula is C26H22ClN3O3. The monoisotopic (exact) mass is 459 g/mol. The molecule has 3 aromatic carbocycles. The first-order valence-electron chi connectivity index (χ1n) is 10.8. The summed E-state index contributed by atoms with van der Waals surface area (Å²) in [6.45, 7) is 1.71. The van der Waals surface area contributed by atoms with Gasteiger partial charge in [0.1, 0.15) is 0 Å². The number of carbonyl (C=O) groups excluding carboxylic acids is 1. The van der Waals surface area contributed by atoms with E-state index in [9.17, 15) is 14.9 Å². The molecule has 2 N–H and O–H groups in total. The number of para-hydroxylation sites is 2. The van der Waals surface area contributed by atoms with Crippen LogP contribution >= 0.6 is 11.6 Å². The Balaban J connectivity index is 1.64. The lowest BCUT2D eigenvalue weighted by Gasteiger charge is -2.30. The number of aryl methyl sites for hydroxylation is 1. The predicted molar refractivity (Wildman–Crippen MR) is 130 cm³/mol. The van der Waals surface area contributed by atoms with Gasteiger partial charge in [-0.25, -0.2) is 0 Å². The van der Waals surface area contributed by atoms with E-state index in [-0.39, 0.29) is 22.3 Å². The van der Waals surface area contributed by atoms with Crippen LogP contribution in [-0.2, 0) is 4.79 Å². The molecule has 7 heteroatoms. The fraction of sp³-hybridized carbons (Fsp3) is 0.192. The number of nitro groups is 1. The second kappa shape index (κ2) is 8.37. The fourth-order valence-corrected chi connectivity index (χ4v) is 5.06.